The molecule has 0 radical (unpaired) electrons. The lowest BCUT2D eigenvalue weighted by atomic mass is 9.95. The molecule has 0 aliphatic carbocycles. The van der Waals surface area contributed by atoms with E-state index in [1.54, 1.807) is 0 Å². The first-order chi connectivity index (χ1) is 13.1. The summed E-state index contributed by atoms with van der Waals surface area (Å²) in [6.07, 6.45) is 22.1. The van der Waals surface area contributed by atoms with Gasteiger partial charge < -0.3 is 15.3 Å². The number of unbranched alkanes of at least 4 members (excludes halogenated alkanes) is 16. The van der Waals surface area contributed by atoms with Crippen LogP contribution in [0.15, 0.2) is 0 Å². The van der Waals surface area contributed by atoms with E-state index in [9.17, 15) is 9.90 Å². The van der Waals surface area contributed by atoms with Gasteiger partial charge in [0.05, 0.1) is 13.2 Å². The predicted molar refractivity (Wildman–Crippen MR) is 113 cm³/mol. The van der Waals surface area contributed by atoms with Crippen LogP contribution in [-0.4, -0.2) is 39.9 Å². The molecule has 0 aromatic carbocycles. The number of Topliss-reactive ketones (excluding diaryl/α,β-unsaturated/α-hetero) is 1. The molecule has 0 spiro atoms. The van der Waals surface area contributed by atoms with E-state index in [-0.39, 0.29) is 6.42 Å². The Morgan fingerprint density at radius 3 is 1.19 bits per heavy atom. The Morgan fingerprint density at radius 2 is 0.889 bits per heavy atom. The van der Waals surface area contributed by atoms with Crippen molar-refractivity contribution in [2.24, 2.45) is 0 Å². The summed E-state index contributed by atoms with van der Waals surface area (Å²) in [6.45, 7) is 0.853. The molecule has 0 bridgehead atoms. The average Bonchev–Trinajstić information content (AvgIpc) is 2.69. The molecule has 0 aromatic rings. The molecule has 0 aliphatic heterocycles. The maximum Gasteiger partial charge on any atom is 0.169 e. The summed E-state index contributed by atoms with van der Waals surface area (Å²) >= 11 is 0. The maximum atomic E-state index is 11.7. The van der Waals surface area contributed by atoms with Crippen molar-refractivity contribution < 1.29 is 20.1 Å². The number of hydrogen-bond donors (Lipinski definition) is 3. The smallest absolute Gasteiger partial charge is 0.169 e. The third-order valence-electron chi connectivity index (χ3n) is 5.55. The third-order valence-corrected chi connectivity index (χ3v) is 5.55. The van der Waals surface area contributed by atoms with Crippen molar-refractivity contribution in [2.75, 3.05) is 13.2 Å². The molecule has 0 unspecified atom stereocenters. The standard InChI is InChI=1S/C23H46O4/c1-2-3-4-5-6-7-8-9-10-11-12-13-14-15-16-17-18-19-22(26)23(27,20-24)21-25/h24-25,27H,2-21H2,1H3. The van der Waals surface area contributed by atoms with Gasteiger partial charge in [-0.25, -0.2) is 0 Å². The van der Waals surface area contributed by atoms with Gasteiger partial charge in [0.25, 0.3) is 0 Å². The number of hydrogen-bond acceptors (Lipinski definition) is 4. The van der Waals surface area contributed by atoms with Crippen molar-refractivity contribution in [3.05, 3.63) is 0 Å². The number of carbonyl (C=O) groups is 1. The molecule has 0 aliphatic rings. The second kappa shape index (κ2) is 18.9. The molecule has 4 nitrogen and oxygen atoms in total. The summed E-state index contributed by atoms with van der Waals surface area (Å²) in [6, 6.07) is 0. The highest BCUT2D eigenvalue weighted by Crippen LogP contribution is 2.15. The first-order valence-corrected chi connectivity index (χ1v) is 11.6. The van der Waals surface area contributed by atoms with Gasteiger partial charge in [0.15, 0.2) is 11.4 Å². The second-order valence-corrected chi connectivity index (χ2v) is 8.18. The number of rotatable bonds is 21. The van der Waals surface area contributed by atoms with Crippen LogP contribution >= 0.6 is 0 Å². The van der Waals surface area contributed by atoms with E-state index in [0.717, 1.165) is 19.3 Å². The van der Waals surface area contributed by atoms with Gasteiger partial charge in [-0.3, -0.25) is 4.79 Å². The molecule has 4 heteroatoms. The van der Waals surface area contributed by atoms with Crippen molar-refractivity contribution in [1.82, 2.24) is 0 Å². The Kier molecular flexibility index (Phi) is 18.6. The minimum atomic E-state index is -1.95. The van der Waals surface area contributed by atoms with Gasteiger partial charge in [-0.05, 0) is 6.42 Å². The van der Waals surface area contributed by atoms with E-state index >= 15 is 0 Å². The van der Waals surface area contributed by atoms with Crippen molar-refractivity contribution in [1.29, 1.82) is 0 Å². The van der Waals surface area contributed by atoms with E-state index in [1.165, 1.54) is 89.9 Å². The fourth-order valence-electron chi connectivity index (χ4n) is 3.47. The number of aliphatic hydroxyl groups excluding tert-OH is 2. The minimum Gasteiger partial charge on any atom is -0.393 e. The average molecular weight is 387 g/mol. The highest BCUT2D eigenvalue weighted by Gasteiger charge is 2.33. The maximum absolute atomic E-state index is 11.7. The Labute approximate surface area is 167 Å². The van der Waals surface area contributed by atoms with Gasteiger partial charge in [-0.15, -0.1) is 0 Å². The molecule has 162 valence electrons. The summed E-state index contributed by atoms with van der Waals surface area (Å²) < 4.78 is 0. The molecule has 0 saturated heterocycles. The summed E-state index contributed by atoms with van der Waals surface area (Å²) in [5.41, 5.74) is -1.95. The molecule has 0 heterocycles. The molecule has 0 fully saturated rings. The summed E-state index contributed by atoms with van der Waals surface area (Å²) in [4.78, 5) is 11.7. The van der Waals surface area contributed by atoms with Gasteiger partial charge in [-0.2, -0.15) is 0 Å². The zero-order chi connectivity index (χ0) is 20.2. The Balaban J connectivity index is 3.24. The topological polar surface area (TPSA) is 77.8 Å². The van der Waals surface area contributed by atoms with Gasteiger partial charge in [-0.1, -0.05) is 110 Å². The molecule has 0 saturated carbocycles. The van der Waals surface area contributed by atoms with Crippen molar-refractivity contribution in [3.8, 4) is 0 Å². The highest BCUT2D eigenvalue weighted by atomic mass is 16.4. The van der Waals surface area contributed by atoms with Crippen LogP contribution in [0.2, 0.25) is 0 Å². The largest absolute Gasteiger partial charge is 0.393 e. The summed E-state index contributed by atoms with van der Waals surface area (Å²) in [5.74, 6) is -0.451. The second-order valence-electron chi connectivity index (χ2n) is 8.18. The quantitative estimate of drug-likeness (QED) is 0.234. The van der Waals surface area contributed by atoms with Gasteiger partial charge >= 0.3 is 0 Å². The van der Waals surface area contributed by atoms with Gasteiger partial charge in [0, 0.05) is 6.42 Å². The zero-order valence-electron chi connectivity index (χ0n) is 17.9. The summed E-state index contributed by atoms with van der Waals surface area (Å²) in [7, 11) is 0. The van der Waals surface area contributed by atoms with Crippen LogP contribution in [-0.2, 0) is 4.79 Å². The van der Waals surface area contributed by atoms with E-state index in [2.05, 4.69) is 6.92 Å². The molecule has 27 heavy (non-hydrogen) atoms. The predicted octanol–water partition coefficient (Wildman–Crippen LogP) is 5.31. The van der Waals surface area contributed by atoms with Crippen LogP contribution in [0.3, 0.4) is 0 Å². The molecule has 0 atom stereocenters. The molecular formula is C23H46O4. The fraction of sp³-hybridized carbons (Fsp3) is 0.957. The van der Waals surface area contributed by atoms with Crippen molar-refractivity contribution in [3.63, 3.8) is 0 Å². The van der Waals surface area contributed by atoms with Crippen LogP contribution in [0.4, 0.5) is 0 Å². The number of ketones is 1. The number of aliphatic hydroxyl groups is 3. The lowest BCUT2D eigenvalue weighted by Gasteiger charge is -2.21. The minimum absolute atomic E-state index is 0.232. The molecule has 3 N–H and O–H groups in total. The van der Waals surface area contributed by atoms with Crippen molar-refractivity contribution in [2.45, 2.75) is 128 Å². The van der Waals surface area contributed by atoms with Gasteiger partial charge in [0.1, 0.15) is 0 Å². The van der Waals surface area contributed by atoms with E-state index < -0.39 is 24.6 Å². The monoisotopic (exact) mass is 386 g/mol. The lowest BCUT2D eigenvalue weighted by Crippen LogP contribution is -2.45. The Bertz CT molecular complexity index is 326. The van der Waals surface area contributed by atoms with Crippen LogP contribution in [0, 0.1) is 0 Å². The zero-order valence-corrected chi connectivity index (χ0v) is 17.9. The molecular weight excluding hydrogens is 340 g/mol. The Morgan fingerprint density at radius 1 is 0.593 bits per heavy atom. The highest BCUT2D eigenvalue weighted by molar-refractivity contribution is 5.87. The first-order valence-electron chi connectivity index (χ1n) is 11.6. The Hall–Kier alpha value is -0.450. The molecule has 0 rings (SSSR count). The van der Waals surface area contributed by atoms with E-state index in [4.69, 9.17) is 10.2 Å². The molecule has 0 amide bonds. The van der Waals surface area contributed by atoms with Crippen LogP contribution < -0.4 is 0 Å². The normalized spacial score (nSPS) is 11.9. The lowest BCUT2D eigenvalue weighted by molar-refractivity contribution is -0.146. The van der Waals surface area contributed by atoms with Gasteiger partial charge in [0.2, 0.25) is 0 Å². The van der Waals surface area contributed by atoms with Crippen LogP contribution in [0.25, 0.3) is 0 Å². The fourth-order valence-corrected chi connectivity index (χ4v) is 3.47. The molecule has 0 aromatic heterocycles. The first kappa shape index (κ1) is 26.6. The van der Waals surface area contributed by atoms with Crippen LogP contribution in [0.1, 0.15) is 122 Å². The van der Waals surface area contributed by atoms with E-state index in [1.807, 2.05) is 0 Å². The summed E-state index contributed by atoms with van der Waals surface area (Å²) in [5, 5.41) is 27.6. The van der Waals surface area contributed by atoms with Crippen molar-refractivity contribution >= 4 is 5.78 Å². The SMILES string of the molecule is CCCCCCCCCCCCCCCCCCCC(=O)C(O)(CO)CO. The van der Waals surface area contributed by atoms with E-state index in [0.29, 0.717) is 0 Å². The van der Waals surface area contributed by atoms with Crippen LogP contribution in [0.5, 0.6) is 0 Å². The number of carbonyl (C=O) groups excluding carboxylic acids is 1. The third kappa shape index (κ3) is 15.2.